The Morgan fingerprint density at radius 2 is 1.95 bits per heavy atom. The van der Waals surface area contributed by atoms with Crippen molar-refractivity contribution in [2.24, 2.45) is 0 Å². The highest BCUT2D eigenvalue weighted by atomic mass is 19.1. The molecule has 0 radical (unpaired) electrons. The zero-order valence-corrected chi connectivity index (χ0v) is 10.3. The number of hydrogen-bond donors (Lipinski definition) is 1. The van der Waals surface area contributed by atoms with Gasteiger partial charge in [0.2, 0.25) is 0 Å². The summed E-state index contributed by atoms with van der Waals surface area (Å²) in [7, 11) is 0. The molecule has 0 aromatic heterocycles. The van der Waals surface area contributed by atoms with E-state index in [1.807, 2.05) is 6.08 Å². The quantitative estimate of drug-likeness (QED) is 0.802. The van der Waals surface area contributed by atoms with E-state index in [0.717, 1.165) is 12.1 Å². The Kier molecular flexibility index (Phi) is 2.89. The first-order chi connectivity index (χ1) is 9.56. The fourth-order valence-electron chi connectivity index (χ4n) is 2.19. The average molecular weight is 276 g/mol. The molecule has 0 fully saturated rings. The summed E-state index contributed by atoms with van der Waals surface area (Å²) in [4.78, 5) is 12.0. The molecule has 1 unspecified atom stereocenters. The van der Waals surface area contributed by atoms with Crippen LogP contribution in [-0.4, -0.2) is 17.0 Å². The molecule has 2 aliphatic rings. The SMILES string of the molecule is O=C1C=C(c2cc(F)c(O)c(F)c2)OC2C=CCC=C12. The lowest BCUT2D eigenvalue weighted by atomic mass is 9.95. The molecule has 1 N–H and O–H groups in total. The second kappa shape index (κ2) is 4.59. The van der Waals surface area contributed by atoms with E-state index in [2.05, 4.69) is 0 Å². The topological polar surface area (TPSA) is 46.5 Å². The van der Waals surface area contributed by atoms with Crippen LogP contribution in [0.4, 0.5) is 8.78 Å². The summed E-state index contributed by atoms with van der Waals surface area (Å²) in [5, 5.41) is 9.07. The summed E-state index contributed by atoms with van der Waals surface area (Å²) < 4.78 is 32.3. The largest absolute Gasteiger partial charge is 0.503 e. The number of ketones is 1. The molecule has 1 atom stereocenters. The molecule has 0 saturated carbocycles. The van der Waals surface area contributed by atoms with Gasteiger partial charge in [-0.2, -0.15) is 0 Å². The first kappa shape index (κ1) is 12.6. The number of phenolic OH excluding ortho intramolecular Hbond substituents is 1. The van der Waals surface area contributed by atoms with Crippen molar-refractivity contribution < 1.29 is 23.4 Å². The zero-order valence-electron chi connectivity index (χ0n) is 10.3. The van der Waals surface area contributed by atoms with Crippen molar-refractivity contribution in [3.05, 3.63) is 59.2 Å². The summed E-state index contributed by atoms with van der Waals surface area (Å²) in [6.45, 7) is 0. The van der Waals surface area contributed by atoms with Gasteiger partial charge in [0.25, 0.3) is 0 Å². The minimum atomic E-state index is -1.10. The molecule has 1 aliphatic heterocycles. The summed E-state index contributed by atoms with van der Waals surface area (Å²) in [6, 6.07) is 1.86. The minimum absolute atomic E-state index is 0.0733. The van der Waals surface area contributed by atoms with Crippen LogP contribution in [0, 0.1) is 11.6 Å². The van der Waals surface area contributed by atoms with Gasteiger partial charge < -0.3 is 9.84 Å². The molecule has 1 aliphatic carbocycles. The van der Waals surface area contributed by atoms with Crippen molar-refractivity contribution in [2.45, 2.75) is 12.5 Å². The number of carbonyl (C=O) groups excluding carboxylic acids is 1. The number of rotatable bonds is 1. The second-order valence-corrected chi connectivity index (χ2v) is 4.52. The van der Waals surface area contributed by atoms with Gasteiger partial charge in [0.15, 0.2) is 23.2 Å². The average Bonchev–Trinajstić information content (AvgIpc) is 2.44. The number of benzene rings is 1. The van der Waals surface area contributed by atoms with E-state index in [1.54, 1.807) is 12.2 Å². The molecule has 0 bridgehead atoms. The lowest BCUT2D eigenvalue weighted by Gasteiger charge is -2.26. The van der Waals surface area contributed by atoms with Crippen LogP contribution in [0.25, 0.3) is 5.76 Å². The number of hydrogen-bond acceptors (Lipinski definition) is 3. The lowest BCUT2D eigenvalue weighted by molar-refractivity contribution is -0.112. The summed E-state index contributed by atoms with van der Waals surface area (Å²) in [6.07, 6.45) is 6.67. The molecule has 3 rings (SSSR count). The van der Waals surface area contributed by atoms with Gasteiger partial charge in [-0.3, -0.25) is 4.79 Å². The smallest absolute Gasteiger partial charge is 0.189 e. The molecule has 1 aromatic rings. The highest BCUT2D eigenvalue weighted by Gasteiger charge is 2.28. The van der Waals surface area contributed by atoms with E-state index in [1.165, 1.54) is 6.08 Å². The third-order valence-corrected chi connectivity index (χ3v) is 3.19. The number of halogens is 2. The molecule has 5 heteroatoms. The zero-order chi connectivity index (χ0) is 14.3. The maximum absolute atomic E-state index is 13.3. The van der Waals surface area contributed by atoms with Crippen molar-refractivity contribution in [2.75, 3.05) is 0 Å². The Hall–Kier alpha value is -2.43. The van der Waals surface area contributed by atoms with Crippen molar-refractivity contribution in [3.63, 3.8) is 0 Å². The molecule has 1 aromatic carbocycles. The van der Waals surface area contributed by atoms with Gasteiger partial charge in [-0.15, -0.1) is 0 Å². The predicted molar refractivity (Wildman–Crippen MR) is 67.7 cm³/mol. The van der Waals surface area contributed by atoms with Crippen LogP contribution < -0.4 is 0 Å². The second-order valence-electron chi connectivity index (χ2n) is 4.52. The molecule has 0 spiro atoms. The number of carbonyl (C=O) groups is 1. The predicted octanol–water partition coefficient (Wildman–Crippen LogP) is 2.87. The van der Waals surface area contributed by atoms with Crippen LogP contribution >= 0.6 is 0 Å². The van der Waals surface area contributed by atoms with Crippen LogP contribution in [0.1, 0.15) is 12.0 Å². The van der Waals surface area contributed by atoms with Gasteiger partial charge in [0, 0.05) is 17.2 Å². The number of fused-ring (bicyclic) bond motifs is 1. The Balaban J connectivity index is 2.03. The number of aromatic hydroxyl groups is 1. The molecular weight excluding hydrogens is 266 g/mol. The molecule has 1 heterocycles. The maximum Gasteiger partial charge on any atom is 0.189 e. The van der Waals surface area contributed by atoms with Gasteiger partial charge in [-0.1, -0.05) is 12.2 Å². The van der Waals surface area contributed by atoms with Crippen LogP contribution in [0.2, 0.25) is 0 Å². The van der Waals surface area contributed by atoms with E-state index in [-0.39, 0.29) is 17.1 Å². The molecular formula is C15H10F2O3. The van der Waals surface area contributed by atoms with Crippen molar-refractivity contribution in [1.29, 1.82) is 0 Å². The first-order valence-corrected chi connectivity index (χ1v) is 6.04. The van der Waals surface area contributed by atoms with Gasteiger partial charge in [-0.25, -0.2) is 8.78 Å². The third kappa shape index (κ3) is 2.01. The molecule has 0 amide bonds. The number of allylic oxidation sites excluding steroid dienone is 3. The van der Waals surface area contributed by atoms with Crippen LogP contribution in [-0.2, 0) is 9.53 Å². The normalized spacial score (nSPS) is 20.9. The number of ether oxygens (including phenoxy) is 1. The van der Waals surface area contributed by atoms with E-state index >= 15 is 0 Å². The summed E-state index contributed by atoms with van der Waals surface area (Å²) in [5.74, 6) is -3.40. The Labute approximate surface area is 113 Å². The highest BCUT2D eigenvalue weighted by Crippen LogP contribution is 2.32. The first-order valence-electron chi connectivity index (χ1n) is 6.04. The van der Waals surface area contributed by atoms with Crippen molar-refractivity contribution >= 4 is 11.5 Å². The Morgan fingerprint density at radius 1 is 1.25 bits per heavy atom. The van der Waals surface area contributed by atoms with Gasteiger partial charge in [0.1, 0.15) is 11.9 Å². The van der Waals surface area contributed by atoms with Crippen LogP contribution in [0.5, 0.6) is 5.75 Å². The van der Waals surface area contributed by atoms with Crippen molar-refractivity contribution in [1.82, 2.24) is 0 Å². The molecule has 102 valence electrons. The third-order valence-electron chi connectivity index (χ3n) is 3.19. The van der Waals surface area contributed by atoms with E-state index in [0.29, 0.717) is 12.0 Å². The van der Waals surface area contributed by atoms with E-state index < -0.39 is 23.5 Å². The fourth-order valence-corrected chi connectivity index (χ4v) is 2.19. The molecule has 0 saturated heterocycles. The van der Waals surface area contributed by atoms with Crippen molar-refractivity contribution in [3.8, 4) is 5.75 Å². The summed E-state index contributed by atoms with van der Waals surface area (Å²) in [5.41, 5.74) is 0.597. The van der Waals surface area contributed by atoms with Crippen LogP contribution in [0.15, 0.2) is 42.0 Å². The standard InChI is InChI=1S/C15H10F2O3/c16-10-5-8(6-11(17)15(10)19)14-7-12(18)9-3-1-2-4-13(9)20-14/h2-7,13,19H,1H2. The number of phenols is 1. The van der Waals surface area contributed by atoms with Crippen LogP contribution in [0.3, 0.4) is 0 Å². The molecule has 20 heavy (non-hydrogen) atoms. The Bertz CT molecular complexity index is 663. The van der Waals surface area contributed by atoms with Gasteiger partial charge >= 0.3 is 0 Å². The Morgan fingerprint density at radius 3 is 2.65 bits per heavy atom. The van der Waals surface area contributed by atoms with Gasteiger partial charge in [0.05, 0.1) is 0 Å². The minimum Gasteiger partial charge on any atom is -0.503 e. The monoisotopic (exact) mass is 276 g/mol. The molecule has 3 nitrogen and oxygen atoms in total. The van der Waals surface area contributed by atoms with Gasteiger partial charge in [-0.05, 0) is 24.6 Å². The lowest BCUT2D eigenvalue weighted by Crippen LogP contribution is -2.24. The highest BCUT2D eigenvalue weighted by molar-refractivity contribution is 6.10. The summed E-state index contributed by atoms with van der Waals surface area (Å²) >= 11 is 0. The fraction of sp³-hybridized carbons (Fsp3) is 0.133. The van der Waals surface area contributed by atoms with E-state index in [4.69, 9.17) is 9.84 Å². The van der Waals surface area contributed by atoms with E-state index in [9.17, 15) is 13.6 Å². The maximum atomic E-state index is 13.3.